The van der Waals surface area contributed by atoms with Crippen LogP contribution in [0.5, 0.6) is 0 Å². The monoisotopic (exact) mass is 343 g/mol. The van der Waals surface area contributed by atoms with E-state index in [0.29, 0.717) is 17.8 Å². The van der Waals surface area contributed by atoms with Crippen molar-refractivity contribution in [1.29, 1.82) is 0 Å². The lowest BCUT2D eigenvalue weighted by Gasteiger charge is -2.21. The normalized spacial score (nSPS) is 11.0. The maximum Gasteiger partial charge on any atom is 0.319 e. The van der Waals surface area contributed by atoms with Crippen LogP contribution in [0, 0.1) is 0 Å². The van der Waals surface area contributed by atoms with Gasteiger partial charge in [-0.1, -0.05) is 12.1 Å². The molecule has 0 saturated carbocycles. The minimum Gasteiger partial charge on any atom is -0.347 e. The van der Waals surface area contributed by atoms with Crippen LogP contribution in [-0.2, 0) is 6.54 Å². The van der Waals surface area contributed by atoms with Crippen molar-refractivity contribution in [3.8, 4) is 0 Å². The first-order valence-corrected chi connectivity index (χ1v) is 8.27. The third-order valence-electron chi connectivity index (χ3n) is 3.35. The molecule has 3 N–H and O–H groups in total. The van der Waals surface area contributed by atoms with Gasteiger partial charge in [-0.2, -0.15) is 0 Å². The number of para-hydroxylation sites is 1. The molecule has 1 aromatic heterocycles. The fraction of sp³-hybridized carbons (Fsp3) is 0.389. The zero-order chi connectivity index (χ0) is 18.3. The van der Waals surface area contributed by atoms with Crippen molar-refractivity contribution in [1.82, 2.24) is 20.2 Å². The van der Waals surface area contributed by atoms with Crippen molar-refractivity contribution in [3.63, 3.8) is 0 Å². The first-order valence-electron chi connectivity index (χ1n) is 8.27. The zero-order valence-electron chi connectivity index (χ0n) is 14.9. The van der Waals surface area contributed by atoms with E-state index < -0.39 is 0 Å². The van der Waals surface area contributed by atoms with E-state index in [1.165, 1.54) is 0 Å². The van der Waals surface area contributed by atoms with Crippen molar-refractivity contribution in [2.75, 3.05) is 11.9 Å². The Balaban J connectivity index is 1.86. The molecule has 134 valence electrons. The summed E-state index contributed by atoms with van der Waals surface area (Å²) in [5.41, 5.74) is 0.571. The molecule has 2 rings (SSSR count). The predicted octanol–water partition coefficient (Wildman–Crippen LogP) is 2.62. The molecule has 0 atom stereocenters. The van der Waals surface area contributed by atoms with Crippen LogP contribution in [0.4, 0.5) is 10.5 Å². The molecule has 0 radical (unpaired) electrons. The van der Waals surface area contributed by atoms with Gasteiger partial charge in [0.1, 0.15) is 0 Å². The van der Waals surface area contributed by atoms with Gasteiger partial charge in [-0.05, 0) is 39.3 Å². The number of carbonyl (C=O) groups is 2. The van der Waals surface area contributed by atoms with Gasteiger partial charge >= 0.3 is 6.03 Å². The van der Waals surface area contributed by atoms with Crippen LogP contribution in [0.3, 0.4) is 0 Å². The Kier molecular flexibility index (Phi) is 6.16. The summed E-state index contributed by atoms with van der Waals surface area (Å²) in [5.74, 6) is -0.219. The van der Waals surface area contributed by atoms with Crippen molar-refractivity contribution in [2.24, 2.45) is 0 Å². The van der Waals surface area contributed by atoms with Gasteiger partial charge in [0.2, 0.25) is 0 Å². The number of hydrogen-bond acceptors (Lipinski definition) is 3. The summed E-state index contributed by atoms with van der Waals surface area (Å²) in [6.07, 6.45) is 6.13. The van der Waals surface area contributed by atoms with Gasteiger partial charge in [-0.25, -0.2) is 9.78 Å². The lowest BCUT2D eigenvalue weighted by atomic mass is 10.1. The van der Waals surface area contributed by atoms with Gasteiger partial charge in [0.05, 0.1) is 17.6 Å². The molecule has 0 saturated heterocycles. The van der Waals surface area contributed by atoms with E-state index in [1.807, 2.05) is 31.5 Å². The molecule has 0 fully saturated rings. The number of aryl methyl sites for hydroxylation is 1. The first kappa shape index (κ1) is 18.5. The van der Waals surface area contributed by atoms with Crippen LogP contribution < -0.4 is 16.0 Å². The second-order valence-electron chi connectivity index (χ2n) is 6.78. The van der Waals surface area contributed by atoms with Gasteiger partial charge in [-0.3, -0.25) is 4.79 Å². The van der Waals surface area contributed by atoms with Crippen molar-refractivity contribution in [2.45, 2.75) is 39.3 Å². The Bertz CT molecular complexity index is 705. The Labute approximate surface area is 147 Å². The number of amides is 3. The molecule has 7 nitrogen and oxygen atoms in total. The van der Waals surface area contributed by atoms with Crippen LogP contribution in [0.1, 0.15) is 37.6 Å². The number of aromatic nitrogens is 2. The fourth-order valence-electron chi connectivity index (χ4n) is 2.25. The molecule has 0 aliphatic rings. The van der Waals surface area contributed by atoms with E-state index in [-0.39, 0.29) is 17.5 Å². The lowest BCUT2D eigenvalue weighted by Crippen LogP contribution is -2.41. The molecule has 0 spiro atoms. The molecular formula is C18H25N5O2. The van der Waals surface area contributed by atoms with Crippen molar-refractivity contribution in [3.05, 3.63) is 48.5 Å². The third-order valence-corrected chi connectivity index (χ3v) is 3.35. The fourth-order valence-corrected chi connectivity index (χ4v) is 2.25. The average molecular weight is 343 g/mol. The van der Waals surface area contributed by atoms with E-state index in [2.05, 4.69) is 20.9 Å². The van der Waals surface area contributed by atoms with Crippen LogP contribution >= 0.6 is 0 Å². The van der Waals surface area contributed by atoms with Gasteiger partial charge in [0.15, 0.2) is 0 Å². The summed E-state index contributed by atoms with van der Waals surface area (Å²) < 4.78 is 1.95. The molecule has 2 aromatic rings. The van der Waals surface area contributed by atoms with Crippen molar-refractivity contribution >= 4 is 17.6 Å². The highest BCUT2D eigenvalue weighted by atomic mass is 16.2. The van der Waals surface area contributed by atoms with E-state index in [1.54, 1.807) is 36.8 Å². The topological polar surface area (TPSA) is 88.0 Å². The van der Waals surface area contributed by atoms with Crippen LogP contribution in [0.2, 0.25) is 0 Å². The highest BCUT2D eigenvalue weighted by molar-refractivity contribution is 6.03. The first-order chi connectivity index (χ1) is 11.8. The molecule has 0 aliphatic carbocycles. The SMILES string of the molecule is CC(C)(C)NC(=O)c1ccccc1NC(=O)NCCCn1ccnc1. The van der Waals surface area contributed by atoms with Gasteiger partial charge in [-0.15, -0.1) is 0 Å². The summed E-state index contributed by atoms with van der Waals surface area (Å²) in [5, 5.41) is 8.43. The summed E-state index contributed by atoms with van der Waals surface area (Å²) >= 11 is 0. The highest BCUT2D eigenvalue weighted by Crippen LogP contribution is 2.16. The van der Waals surface area contributed by atoms with E-state index in [0.717, 1.165) is 13.0 Å². The molecule has 7 heteroatoms. The van der Waals surface area contributed by atoms with Crippen LogP contribution in [-0.4, -0.2) is 33.6 Å². The Hall–Kier alpha value is -2.83. The van der Waals surface area contributed by atoms with Gasteiger partial charge < -0.3 is 20.5 Å². The molecule has 0 unspecified atom stereocenters. The quantitative estimate of drug-likeness (QED) is 0.705. The molecule has 1 heterocycles. The number of nitrogens with one attached hydrogen (secondary N) is 3. The van der Waals surface area contributed by atoms with Gasteiger partial charge in [0.25, 0.3) is 5.91 Å². The number of nitrogens with zero attached hydrogens (tertiary/aromatic N) is 2. The number of benzene rings is 1. The molecule has 25 heavy (non-hydrogen) atoms. The molecule has 1 aromatic carbocycles. The van der Waals surface area contributed by atoms with E-state index in [4.69, 9.17) is 0 Å². The van der Waals surface area contributed by atoms with Crippen molar-refractivity contribution < 1.29 is 9.59 Å². The molecule has 3 amide bonds. The molecule has 0 bridgehead atoms. The summed E-state index contributed by atoms with van der Waals surface area (Å²) in [6, 6.07) is 6.62. The Morgan fingerprint density at radius 3 is 2.64 bits per heavy atom. The zero-order valence-corrected chi connectivity index (χ0v) is 14.9. The predicted molar refractivity (Wildman–Crippen MR) is 97.5 cm³/mol. The van der Waals surface area contributed by atoms with Crippen LogP contribution in [0.25, 0.3) is 0 Å². The Morgan fingerprint density at radius 2 is 1.96 bits per heavy atom. The Morgan fingerprint density at radius 1 is 1.20 bits per heavy atom. The second kappa shape index (κ2) is 8.32. The number of urea groups is 1. The van der Waals surface area contributed by atoms with E-state index in [9.17, 15) is 9.59 Å². The lowest BCUT2D eigenvalue weighted by molar-refractivity contribution is 0.0920. The summed E-state index contributed by atoms with van der Waals surface area (Å²) in [4.78, 5) is 28.4. The smallest absolute Gasteiger partial charge is 0.319 e. The van der Waals surface area contributed by atoms with Crippen LogP contribution in [0.15, 0.2) is 43.0 Å². The number of rotatable bonds is 6. The van der Waals surface area contributed by atoms with E-state index >= 15 is 0 Å². The number of anilines is 1. The number of hydrogen-bond donors (Lipinski definition) is 3. The average Bonchev–Trinajstić information content (AvgIpc) is 3.04. The molecular weight excluding hydrogens is 318 g/mol. The highest BCUT2D eigenvalue weighted by Gasteiger charge is 2.18. The second-order valence-corrected chi connectivity index (χ2v) is 6.78. The maximum atomic E-state index is 12.4. The standard InChI is InChI=1S/C18H25N5O2/c1-18(2,3)22-16(24)14-7-4-5-8-15(14)21-17(25)20-9-6-11-23-12-10-19-13-23/h4-5,7-8,10,12-13H,6,9,11H2,1-3H3,(H,22,24)(H2,20,21,25). The summed E-state index contributed by atoms with van der Waals surface area (Å²) in [7, 11) is 0. The molecule has 0 aliphatic heterocycles. The largest absolute Gasteiger partial charge is 0.347 e. The number of carbonyl (C=O) groups excluding carboxylic acids is 2. The third kappa shape index (κ3) is 6.29. The summed E-state index contributed by atoms with van der Waals surface area (Å²) in [6.45, 7) is 7.04. The number of imidazole rings is 1. The minimum absolute atomic E-state index is 0.219. The maximum absolute atomic E-state index is 12.4. The minimum atomic E-state index is -0.347. The van der Waals surface area contributed by atoms with Gasteiger partial charge in [0, 0.05) is 31.0 Å².